The Balaban J connectivity index is 0.000000738. The number of imidazole rings is 1. The third-order valence-electron chi connectivity index (χ3n) is 7.38. The maximum Gasteiger partial charge on any atom is 0.490 e. The Bertz CT molecular complexity index is 1630. The van der Waals surface area contributed by atoms with Crippen LogP contribution in [0.5, 0.6) is 0 Å². The van der Waals surface area contributed by atoms with E-state index in [1.807, 2.05) is 54.6 Å². The molecule has 4 aromatic rings. The molecule has 0 radical (unpaired) electrons. The lowest BCUT2D eigenvalue weighted by Crippen LogP contribution is -2.36. The molecule has 2 amide bonds. The minimum Gasteiger partial charge on any atom is -0.478 e. The van der Waals surface area contributed by atoms with E-state index >= 15 is 0 Å². The van der Waals surface area contributed by atoms with Gasteiger partial charge in [-0.05, 0) is 53.8 Å². The number of primary amides is 1. The number of aliphatic carboxylic acids is 1. The molecule has 0 fully saturated rings. The molecule has 0 aliphatic rings. The van der Waals surface area contributed by atoms with Crippen LogP contribution in [-0.4, -0.2) is 50.5 Å². The van der Waals surface area contributed by atoms with Gasteiger partial charge in [0.2, 0.25) is 0 Å². The molecule has 4 N–H and O–H groups in total. The maximum atomic E-state index is 12.3. The molecule has 0 atom stereocenters. The van der Waals surface area contributed by atoms with E-state index in [0.717, 1.165) is 78.6 Å². The van der Waals surface area contributed by atoms with Gasteiger partial charge in [0.05, 0.1) is 16.6 Å². The number of urea groups is 1. The SMILES string of the molecule is CCCCCCN(C(N)=O)c1ccc2nc(CCCC)n(Cc3ccc(-c4ccccc4C(=O)O)cc3)c2c1.O=C(O)C(F)(F)F. The summed E-state index contributed by atoms with van der Waals surface area (Å²) in [6.07, 6.45) is 2.13. The molecule has 0 saturated heterocycles. The van der Waals surface area contributed by atoms with Gasteiger partial charge in [-0.15, -0.1) is 0 Å². The Labute approximate surface area is 265 Å². The lowest BCUT2D eigenvalue weighted by molar-refractivity contribution is -0.192. The standard InChI is InChI=1S/C32H38N4O3.C2HF3O2/c1-3-5-7-10-20-35(32(33)39)25-18-19-28-29(21-25)36(30(34-28)13-6-4-2)22-23-14-16-24(17-15-23)26-11-8-9-12-27(26)31(37)38;3-2(4,5)1(6)7/h8-9,11-12,14-19,21H,3-7,10,13,20,22H2,1-2H3,(H2,33,39)(H,37,38);(H,6,7). The summed E-state index contributed by atoms with van der Waals surface area (Å²) in [5.74, 6) is -2.68. The number of halogens is 3. The van der Waals surface area contributed by atoms with Crippen LogP contribution in [0.1, 0.15) is 74.1 Å². The number of aryl methyl sites for hydroxylation is 1. The molecule has 46 heavy (non-hydrogen) atoms. The first-order chi connectivity index (χ1) is 21.9. The zero-order chi connectivity index (χ0) is 33.9. The number of fused-ring (bicyclic) bond motifs is 1. The molecule has 1 aromatic heterocycles. The summed E-state index contributed by atoms with van der Waals surface area (Å²) in [6, 6.07) is 20.6. The fourth-order valence-corrected chi connectivity index (χ4v) is 4.99. The molecule has 9 nitrogen and oxygen atoms in total. The van der Waals surface area contributed by atoms with Gasteiger partial charge < -0.3 is 20.5 Å². The molecule has 0 unspecified atom stereocenters. The first-order valence-electron chi connectivity index (χ1n) is 15.1. The van der Waals surface area contributed by atoms with Crippen LogP contribution in [0.15, 0.2) is 66.7 Å². The molecule has 4 rings (SSSR count). The number of alkyl halides is 3. The van der Waals surface area contributed by atoms with Crippen LogP contribution in [0.4, 0.5) is 23.7 Å². The largest absolute Gasteiger partial charge is 0.490 e. The third kappa shape index (κ3) is 9.56. The van der Waals surface area contributed by atoms with Crippen molar-refractivity contribution in [3.63, 3.8) is 0 Å². The number of anilines is 1. The lowest BCUT2D eigenvalue weighted by atomic mass is 9.99. The van der Waals surface area contributed by atoms with Gasteiger partial charge in [0.1, 0.15) is 5.82 Å². The second-order valence-corrected chi connectivity index (χ2v) is 10.8. The number of benzene rings is 3. The molecule has 1 heterocycles. The molecule has 0 saturated carbocycles. The van der Waals surface area contributed by atoms with Gasteiger partial charge in [-0.25, -0.2) is 19.4 Å². The molecular weight excluding hydrogens is 601 g/mol. The highest BCUT2D eigenvalue weighted by molar-refractivity contribution is 5.96. The summed E-state index contributed by atoms with van der Waals surface area (Å²) in [5, 5.41) is 16.7. The first kappa shape index (κ1) is 35.6. The van der Waals surface area contributed by atoms with Crippen LogP contribution in [0.25, 0.3) is 22.2 Å². The number of hydrogen-bond acceptors (Lipinski definition) is 4. The van der Waals surface area contributed by atoms with Crippen LogP contribution in [0.3, 0.4) is 0 Å². The minimum absolute atomic E-state index is 0.286. The quantitative estimate of drug-likeness (QED) is 0.127. The smallest absolute Gasteiger partial charge is 0.478 e. The van der Waals surface area contributed by atoms with Crippen molar-refractivity contribution in [3.05, 3.63) is 83.7 Å². The van der Waals surface area contributed by atoms with Gasteiger partial charge in [-0.1, -0.05) is 82.0 Å². The lowest BCUT2D eigenvalue weighted by Gasteiger charge is -2.21. The van der Waals surface area contributed by atoms with Gasteiger partial charge in [0.15, 0.2) is 0 Å². The zero-order valence-corrected chi connectivity index (χ0v) is 25.9. The highest BCUT2D eigenvalue weighted by atomic mass is 19.4. The molecular formula is C34H39F3N4O5. The van der Waals surface area contributed by atoms with Crippen molar-refractivity contribution < 1.29 is 37.8 Å². The second kappa shape index (κ2) is 16.4. The van der Waals surface area contributed by atoms with Crippen molar-refractivity contribution >= 4 is 34.7 Å². The number of carboxylic acid groups (broad SMARTS) is 2. The fraction of sp³-hybridized carbons (Fsp3) is 0.353. The van der Waals surface area contributed by atoms with Gasteiger partial charge >= 0.3 is 24.1 Å². The van der Waals surface area contributed by atoms with Crippen molar-refractivity contribution in [2.75, 3.05) is 11.4 Å². The van der Waals surface area contributed by atoms with E-state index in [1.54, 1.807) is 17.0 Å². The van der Waals surface area contributed by atoms with E-state index in [4.69, 9.17) is 20.6 Å². The van der Waals surface area contributed by atoms with Crippen LogP contribution >= 0.6 is 0 Å². The number of amides is 2. The molecule has 0 spiro atoms. The minimum atomic E-state index is -5.08. The predicted octanol–water partition coefficient (Wildman–Crippen LogP) is 7.89. The van der Waals surface area contributed by atoms with Crippen molar-refractivity contribution in [3.8, 4) is 11.1 Å². The molecule has 246 valence electrons. The number of aromatic nitrogens is 2. The van der Waals surface area contributed by atoms with E-state index in [0.29, 0.717) is 18.7 Å². The van der Waals surface area contributed by atoms with Crippen LogP contribution < -0.4 is 10.6 Å². The van der Waals surface area contributed by atoms with Gasteiger partial charge in [0, 0.05) is 25.2 Å². The monoisotopic (exact) mass is 640 g/mol. The van der Waals surface area contributed by atoms with E-state index in [-0.39, 0.29) is 5.56 Å². The van der Waals surface area contributed by atoms with Crippen LogP contribution in [0, 0.1) is 0 Å². The van der Waals surface area contributed by atoms with Crippen molar-refractivity contribution in [2.24, 2.45) is 5.73 Å². The van der Waals surface area contributed by atoms with Gasteiger partial charge in [-0.2, -0.15) is 13.2 Å². The highest BCUT2D eigenvalue weighted by Crippen LogP contribution is 2.28. The average Bonchev–Trinajstić information content (AvgIpc) is 3.36. The molecule has 12 heteroatoms. The fourth-order valence-electron chi connectivity index (χ4n) is 4.99. The number of carbonyl (C=O) groups excluding carboxylic acids is 1. The zero-order valence-electron chi connectivity index (χ0n) is 25.9. The number of aromatic carboxylic acids is 1. The summed E-state index contributed by atoms with van der Waals surface area (Å²) >= 11 is 0. The first-order valence-corrected chi connectivity index (χ1v) is 15.1. The van der Waals surface area contributed by atoms with Gasteiger partial charge in [0.25, 0.3) is 0 Å². The van der Waals surface area contributed by atoms with E-state index < -0.39 is 24.1 Å². The van der Waals surface area contributed by atoms with Crippen LogP contribution in [-0.2, 0) is 17.8 Å². The van der Waals surface area contributed by atoms with Crippen LogP contribution in [0.2, 0.25) is 0 Å². The number of carboxylic acids is 2. The second-order valence-electron chi connectivity index (χ2n) is 10.8. The number of carbonyl (C=O) groups is 3. The Morgan fingerprint density at radius 2 is 1.54 bits per heavy atom. The summed E-state index contributed by atoms with van der Waals surface area (Å²) in [5.41, 5.74) is 11.4. The topological polar surface area (TPSA) is 139 Å². The molecule has 0 aliphatic heterocycles. The van der Waals surface area contributed by atoms with E-state index in [1.165, 1.54) is 0 Å². The number of rotatable bonds is 13. The number of hydrogen-bond donors (Lipinski definition) is 3. The Morgan fingerprint density at radius 3 is 2.13 bits per heavy atom. The Hall–Kier alpha value is -4.87. The number of nitrogens with zero attached hydrogens (tertiary/aromatic N) is 3. The highest BCUT2D eigenvalue weighted by Gasteiger charge is 2.38. The van der Waals surface area contributed by atoms with Crippen molar-refractivity contribution in [2.45, 2.75) is 71.5 Å². The third-order valence-corrected chi connectivity index (χ3v) is 7.38. The molecule has 0 bridgehead atoms. The normalized spacial score (nSPS) is 11.2. The number of unbranched alkanes of at least 4 members (excludes halogenated alkanes) is 4. The number of nitrogens with two attached hydrogens (primary N) is 1. The van der Waals surface area contributed by atoms with E-state index in [9.17, 15) is 27.9 Å². The van der Waals surface area contributed by atoms with Crippen molar-refractivity contribution in [1.29, 1.82) is 0 Å². The van der Waals surface area contributed by atoms with Gasteiger partial charge in [-0.3, -0.25) is 4.90 Å². The molecule has 3 aromatic carbocycles. The van der Waals surface area contributed by atoms with E-state index in [2.05, 4.69) is 18.4 Å². The maximum absolute atomic E-state index is 12.3. The molecule has 0 aliphatic carbocycles. The summed E-state index contributed by atoms with van der Waals surface area (Å²) in [7, 11) is 0. The van der Waals surface area contributed by atoms with Crippen molar-refractivity contribution in [1.82, 2.24) is 9.55 Å². The summed E-state index contributed by atoms with van der Waals surface area (Å²) in [4.78, 5) is 39.5. The summed E-state index contributed by atoms with van der Waals surface area (Å²) in [6.45, 7) is 5.55. The Morgan fingerprint density at radius 1 is 0.891 bits per heavy atom. The Kier molecular flexibility index (Phi) is 12.7. The summed E-state index contributed by atoms with van der Waals surface area (Å²) < 4.78 is 34.0. The predicted molar refractivity (Wildman–Crippen MR) is 171 cm³/mol. The average molecular weight is 641 g/mol.